The minimum atomic E-state index is -1.08. The minimum absolute atomic E-state index is 0.273. The van der Waals surface area contributed by atoms with E-state index < -0.39 is 30.4 Å². The van der Waals surface area contributed by atoms with Gasteiger partial charge >= 0.3 is 0 Å². The van der Waals surface area contributed by atoms with Crippen LogP contribution in [0.5, 0.6) is 0 Å². The molecule has 5 atom stereocenters. The maximum Gasteiger partial charge on any atom is 0.251 e. The summed E-state index contributed by atoms with van der Waals surface area (Å²) >= 11 is 0. The summed E-state index contributed by atoms with van der Waals surface area (Å²) in [5, 5.41) is 33.0. The van der Waals surface area contributed by atoms with Gasteiger partial charge in [-0.15, -0.1) is 0 Å². The lowest BCUT2D eigenvalue weighted by molar-refractivity contribution is -0.0995. The first kappa shape index (κ1) is 14.5. The third-order valence-corrected chi connectivity index (χ3v) is 4.42. The van der Waals surface area contributed by atoms with Crippen molar-refractivity contribution in [2.24, 2.45) is 0 Å². The van der Waals surface area contributed by atoms with Crippen LogP contribution in [0, 0.1) is 0 Å². The Balaban J connectivity index is 1.70. The van der Waals surface area contributed by atoms with Crippen LogP contribution in [-0.2, 0) is 0 Å². The summed E-state index contributed by atoms with van der Waals surface area (Å²) in [7, 11) is 0. The highest BCUT2D eigenvalue weighted by molar-refractivity contribution is 5.94. The number of hydrogen-bond donors (Lipinski definition) is 4. The average Bonchev–Trinajstić information content (AvgIpc) is 2.86. The van der Waals surface area contributed by atoms with E-state index in [-0.39, 0.29) is 5.91 Å². The Bertz CT molecular complexity index is 510. The molecule has 2 saturated heterocycles. The zero-order valence-corrected chi connectivity index (χ0v) is 11.6. The molecule has 2 unspecified atom stereocenters. The first-order valence-electron chi connectivity index (χ1n) is 7.22. The molecule has 2 fully saturated rings. The second kappa shape index (κ2) is 5.73. The van der Waals surface area contributed by atoms with E-state index in [1.54, 1.807) is 24.3 Å². The highest BCUT2D eigenvalue weighted by Gasteiger charge is 2.48. The Morgan fingerprint density at radius 1 is 1.14 bits per heavy atom. The Kier molecular flexibility index (Phi) is 3.95. The number of piperidine rings is 1. The van der Waals surface area contributed by atoms with Crippen LogP contribution in [0.3, 0.4) is 0 Å². The molecule has 6 heteroatoms. The first-order chi connectivity index (χ1) is 10.1. The van der Waals surface area contributed by atoms with E-state index in [4.69, 9.17) is 0 Å². The van der Waals surface area contributed by atoms with E-state index in [0.717, 1.165) is 0 Å². The summed E-state index contributed by atoms with van der Waals surface area (Å²) in [6.07, 6.45) is -2.18. The van der Waals surface area contributed by atoms with E-state index in [9.17, 15) is 20.1 Å². The molecule has 3 rings (SSSR count). The number of fused-ring (bicyclic) bond motifs is 1. The van der Waals surface area contributed by atoms with E-state index >= 15 is 0 Å². The summed E-state index contributed by atoms with van der Waals surface area (Å²) in [4.78, 5) is 14.1. The molecule has 0 radical (unpaired) electrons. The van der Waals surface area contributed by atoms with E-state index in [1.165, 1.54) is 0 Å². The van der Waals surface area contributed by atoms with Gasteiger partial charge in [-0.2, -0.15) is 0 Å². The molecular weight excluding hydrogens is 272 g/mol. The highest BCUT2D eigenvalue weighted by Crippen LogP contribution is 2.28. The van der Waals surface area contributed by atoms with Gasteiger partial charge < -0.3 is 20.6 Å². The van der Waals surface area contributed by atoms with Gasteiger partial charge in [0.2, 0.25) is 0 Å². The number of benzene rings is 1. The number of carbonyl (C=O) groups is 1. The van der Waals surface area contributed by atoms with Crippen molar-refractivity contribution in [2.45, 2.75) is 36.8 Å². The van der Waals surface area contributed by atoms with Gasteiger partial charge in [-0.25, -0.2) is 0 Å². The van der Waals surface area contributed by atoms with Gasteiger partial charge in [0.25, 0.3) is 5.91 Å². The van der Waals surface area contributed by atoms with Crippen molar-refractivity contribution in [1.29, 1.82) is 0 Å². The predicted octanol–water partition coefficient (Wildman–Crippen LogP) is -1.04. The van der Waals surface area contributed by atoms with Crippen LogP contribution in [0.4, 0.5) is 0 Å². The number of aliphatic hydroxyl groups excluding tert-OH is 3. The number of hydrogen-bond acceptors (Lipinski definition) is 5. The second-order valence-corrected chi connectivity index (χ2v) is 5.77. The number of nitrogens with one attached hydrogen (secondary N) is 1. The second-order valence-electron chi connectivity index (χ2n) is 5.77. The molecular formula is C15H20N2O4. The molecule has 0 aliphatic carbocycles. The zero-order chi connectivity index (χ0) is 15.0. The largest absolute Gasteiger partial charge is 0.391 e. The normalized spacial score (nSPS) is 36.2. The van der Waals surface area contributed by atoms with E-state index in [2.05, 4.69) is 5.32 Å². The van der Waals surface area contributed by atoms with E-state index in [1.807, 2.05) is 11.0 Å². The lowest BCUT2D eigenvalue weighted by Crippen LogP contribution is -2.65. The van der Waals surface area contributed by atoms with E-state index in [0.29, 0.717) is 25.1 Å². The maximum atomic E-state index is 12.1. The molecule has 0 bridgehead atoms. The molecule has 0 spiro atoms. The molecule has 2 heterocycles. The molecule has 1 amide bonds. The van der Waals surface area contributed by atoms with Gasteiger partial charge in [-0.3, -0.25) is 9.69 Å². The lowest BCUT2D eigenvalue weighted by atomic mass is 9.91. The third kappa shape index (κ3) is 2.67. The summed E-state index contributed by atoms with van der Waals surface area (Å²) < 4.78 is 0. The van der Waals surface area contributed by atoms with Gasteiger partial charge in [-0.1, -0.05) is 18.2 Å². The van der Waals surface area contributed by atoms with Crippen LogP contribution in [0.15, 0.2) is 30.3 Å². The lowest BCUT2D eigenvalue weighted by Gasteiger charge is -2.43. The van der Waals surface area contributed by atoms with Crippen molar-refractivity contribution in [3.63, 3.8) is 0 Å². The fraction of sp³-hybridized carbons (Fsp3) is 0.533. The average molecular weight is 292 g/mol. The predicted molar refractivity (Wildman–Crippen MR) is 75.7 cm³/mol. The van der Waals surface area contributed by atoms with Gasteiger partial charge in [0.05, 0.1) is 24.3 Å². The van der Waals surface area contributed by atoms with Crippen LogP contribution in [0.25, 0.3) is 0 Å². The molecule has 1 aromatic rings. The minimum Gasteiger partial charge on any atom is -0.391 e. The molecule has 0 saturated carbocycles. The van der Waals surface area contributed by atoms with Gasteiger partial charge in [0, 0.05) is 18.7 Å². The topological polar surface area (TPSA) is 93.0 Å². The van der Waals surface area contributed by atoms with Crippen molar-refractivity contribution >= 4 is 5.91 Å². The number of amides is 1. The summed E-state index contributed by atoms with van der Waals surface area (Å²) in [6, 6.07) is 7.78. The van der Waals surface area contributed by atoms with Crippen LogP contribution < -0.4 is 5.32 Å². The Morgan fingerprint density at radius 2 is 1.86 bits per heavy atom. The number of nitrogens with zero attached hydrogens (tertiary/aromatic N) is 1. The first-order valence-corrected chi connectivity index (χ1v) is 7.22. The van der Waals surface area contributed by atoms with Crippen molar-refractivity contribution < 1.29 is 20.1 Å². The van der Waals surface area contributed by atoms with Gasteiger partial charge in [-0.05, 0) is 18.6 Å². The molecule has 2 aliphatic rings. The van der Waals surface area contributed by atoms with Crippen LogP contribution in [-0.4, -0.2) is 69.6 Å². The maximum absolute atomic E-state index is 12.1. The number of aliphatic hydroxyl groups is 3. The zero-order valence-electron chi connectivity index (χ0n) is 11.6. The van der Waals surface area contributed by atoms with Crippen molar-refractivity contribution in [2.75, 3.05) is 13.1 Å². The monoisotopic (exact) mass is 292 g/mol. The Labute approximate surface area is 123 Å². The molecule has 2 aliphatic heterocycles. The quantitative estimate of drug-likeness (QED) is 0.558. The summed E-state index contributed by atoms with van der Waals surface area (Å²) in [6.45, 7) is 1.09. The summed E-state index contributed by atoms with van der Waals surface area (Å²) in [5.74, 6) is -0.273. The standard InChI is InChI=1S/C15H20N2O4/c18-11-6-7-17-8-10(13(19)14(20)12(11)17)16-15(21)9-4-2-1-3-5-9/h1-5,10-14,18-20H,6-8H2,(H,16,21)/t10-,11?,12?,13+,14+/m0/s1. The Morgan fingerprint density at radius 3 is 2.57 bits per heavy atom. The number of carbonyl (C=O) groups excluding carboxylic acids is 1. The van der Waals surface area contributed by atoms with Crippen LogP contribution in [0.2, 0.25) is 0 Å². The highest BCUT2D eigenvalue weighted by atomic mass is 16.3. The van der Waals surface area contributed by atoms with Gasteiger partial charge in [0.15, 0.2) is 0 Å². The fourth-order valence-electron chi connectivity index (χ4n) is 3.29. The van der Waals surface area contributed by atoms with Gasteiger partial charge in [0.1, 0.15) is 6.10 Å². The fourth-order valence-corrected chi connectivity index (χ4v) is 3.29. The summed E-state index contributed by atoms with van der Waals surface area (Å²) in [5.41, 5.74) is 0.516. The molecule has 21 heavy (non-hydrogen) atoms. The third-order valence-electron chi connectivity index (χ3n) is 4.42. The smallest absolute Gasteiger partial charge is 0.251 e. The Hall–Kier alpha value is -1.47. The van der Waals surface area contributed by atoms with Crippen molar-refractivity contribution in [1.82, 2.24) is 10.2 Å². The van der Waals surface area contributed by atoms with Crippen molar-refractivity contribution in [3.05, 3.63) is 35.9 Å². The molecule has 0 aromatic heterocycles. The SMILES string of the molecule is O=C(N[C@H]1CN2CCC(O)C2[C@@H](O)[C@@H]1O)c1ccccc1. The van der Waals surface area contributed by atoms with Crippen LogP contribution >= 0.6 is 0 Å². The number of rotatable bonds is 2. The molecule has 1 aromatic carbocycles. The van der Waals surface area contributed by atoms with Crippen molar-refractivity contribution in [3.8, 4) is 0 Å². The molecule has 4 N–H and O–H groups in total. The molecule has 6 nitrogen and oxygen atoms in total. The van der Waals surface area contributed by atoms with Crippen LogP contribution in [0.1, 0.15) is 16.8 Å². The molecule has 114 valence electrons.